The summed E-state index contributed by atoms with van der Waals surface area (Å²) in [5.41, 5.74) is 1.17. The monoisotopic (exact) mass is 226 g/mol. The molecule has 0 amide bonds. The van der Waals surface area contributed by atoms with E-state index in [0.717, 1.165) is 0 Å². The molecule has 0 aliphatic heterocycles. The van der Waals surface area contributed by atoms with Gasteiger partial charge >= 0.3 is 11.9 Å². The third kappa shape index (κ3) is 3.88. The van der Waals surface area contributed by atoms with Crippen molar-refractivity contribution in [2.75, 3.05) is 14.2 Å². The van der Waals surface area contributed by atoms with Gasteiger partial charge in [0.2, 0.25) is 0 Å². The van der Waals surface area contributed by atoms with Crippen LogP contribution in [-0.4, -0.2) is 26.2 Å². The van der Waals surface area contributed by atoms with Gasteiger partial charge in [0.1, 0.15) is 0 Å². The van der Waals surface area contributed by atoms with Crippen molar-refractivity contribution in [2.24, 2.45) is 0 Å². The number of hydrogen-bond acceptors (Lipinski definition) is 4. The molecule has 0 atom stereocenters. The van der Waals surface area contributed by atoms with Gasteiger partial charge in [0.15, 0.2) is 0 Å². The van der Waals surface area contributed by atoms with Gasteiger partial charge in [-0.1, -0.05) is 26.0 Å². The first kappa shape index (κ1) is 14.4. The fourth-order valence-corrected chi connectivity index (χ4v) is 1.24. The molecule has 0 saturated heterocycles. The van der Waals surface area contributed by atoms with Gasteiger partial charge in [-0.25, -0.2) is 9.59 Å². The number of ether oxygens (including phenoxy) is 2. The molecule has 1 rings (SSSR count). The van der Waals surface area contributed by atoms with E-state index in [-0.39, 0.29) is 11.9 Å². The lowest BCUT2D eigenvalue weighted by atomic mass is 9.98. The average molecular weight is 226 g/mol. The van der Waals surface area contributed by atoms with Crippen LogP contribution in [0.3, 0.4) is 0 Å². The normalized spacial score (nSPS) is 13.8. The first-order valence-electron chi connectivity index (χ1n) is 5.25. The number of hydrogen-bond donors (Lipinski definition) is 0. The quantitative estimate of drug-likeness (QED) is 0.676. The smallest absolute Gasteiger partial charge is 0.333 e. The van der Waals surface area contributed by atoms with Crippen molar-refractivity contribution in [1.29, 1.82) is 0 Å². The summed E-state index contributed by atoms with van der Waals surface area (Å²) in [6.45, 7) is 4.00. The van der Waals surface area contributed by atoms with Crippen molar-refractivity contribution in [3.05, 3.63) is 23.3 Å². The fourth-order valence-electron chi connectivity index (χ4n) is 1.24. The van der Waals surface area contributed by atoms with E-state index in [1.807, 2.05) is 13.8 Å². The molecule has 4 nitrogen and oxygen atoms in total. The first-order chi connectivity index (χ1) is 7.69. The van der Waals surface area contributed by atoms with Gasteiger partial charge in [-0.15, -0.1) is 0 Å². The van der Waals surface area contributed by atoms with Crippen LogP contribution in [0.5, 0.6) is 0 Å². The molecule has 0 radical (unpaired) electrons. The molecule has 1 aliphatic carbocycles. The highest BCUT2D eigenvalue weighted by Gasteiger charge is 2.17. The topological polar surface area (TPSA) is 52.6 Å². The SMILES string of the molecule is CC.COC(=O)C1=CC=C(C(=O)OC)CC1. The molecule has 0 heterocycles. The van der Waals surface area contributed by atoms with Crippen LogP contribution >= 0.6 is 0 Å². The average Bonchev–Trinajstić information content (AvgIpc) is 2.39. The van der Waals surface area contributed by atoms with Gasteiger partial charge in [-0.05, 0) is 12.8 Å². The van der Waals surface area contributed by atoms with Gasteiger partial charge in [0.05, 0.1) is 14.2 Å². The molecule has 16 heavy (non-hydrogen) atoms. The molecule has 0 fully saturated rings. The van der Waals surface area contributed by atoms with Crippen molar-refractivity contribution < 1.29 is 19.1 Å². The summed E-state index contributed by atoms with van der Waals surface area (Å²) < 4.78 is 9.12. The van der Waals surface area contributed by atoms with E-state index < -0.39 is 0 Å². The van der Waals surface area contributed by atoms with Crippen LogP contribution in [0, 0.1) is 0 Å². The number of esters is 2. The van der Waals surface area contributed by atoms with Crippen LogP contribution in [0.15, 0.2) is 23.3 Å². The standard InChI is InChI=1S/C10H12O4.C2H6/c1-13-9(11)7-3-5-8(6-4-7)10(12)14-2;1-2/h3,5H,4,6H2,1-2H3;1-2H3. The second-order valence-corrected chi connectivity index (χ2v) is 2.87. The van der Waals surface area contributed by atoms with Gasteiger partial charge in [0.25, 0.3) is 0 Å². The minimum absolute atomic E-state index is 0.342. The maximum atomic E-state index is 11.1. The van der Waals surface area contributed by atoms with Crippen LogP contribution in [0.2, 0.25) is 0 Å². The summed E-state index contributed by atoms with van der Waals surface area (Å²) in [7, 11) is 2.67. The zero-order valence-corrected chi connectivity index (χ0v) is 10.2. The van der Waals surface area contributed by atoms with Crippen LogP contribution in [0.1, 0.15) is 26.7 Å². The molecular weight excluding hydrogens is 208 g/mol. The van der Waals surface area contributed by atoms with E-state index in [0.29, 0.717) is 24.0 Å². The van der Waals surface area contributed by atoms with Gasteiger partial charge in [0, 0.05) is 11.1 Å². The summed E-state index contributed by atoms with van der Waals surface area (Å²) in [6, 6.07) is 0. The lowest BCUT2D eigenvalue weighted by molar-refractivity contribution is -0.137. The molecule has 0 aromatic rings. The van der Waals surface area contributed by atoms with Crippen LogP contribution in [0.4, 0.5) is 0 Å². The minimum atomic E-state index is -0.342. The van der Waals surface area contributed by atoms with Crippen molar-refractivity contribution in [3.63, 3.8) is 0 Å². The molecule has 0 saturated carbocycles. The van der Waals surface area contributed by atoms with E-state index in [4.69, 9.17) is 0 Å². The van der Waals surface area contributed by atoms with Gasteiger partial charge in [-0.3, -0.25) is 0 Å². The third-order valence-electron chi connectivity index (χ3n) is 2.04. The molecule has 0 spiro atoms. The molecule has 0 bridgehead atoms. The van der Waals surface area contributed by atoms with Crippen molar-refractivity contribution >= 4 is 11.9 Å². The Morgan fingerprint density at radius 1 is 0.938 bits per heavy atom. The Bertz CT molecular complexity index is 281. The van der Waals surface area contributed by atoms with Gasteiger partial charge in [-0.2, -0.15) is 0 Å². The Kier molecular flexibility index (Phi) is 6.92. The largest absolute Gasteiger partial charge is 0.466 e. The molecule has 0 aromatic carbocycles. The Morgan fingerprint density at radius 2 is 1.25 bits per heavy atom. The first-order valence-corrected chi connectivity index (χ1v) is 5.25. The molecule has 0 aromatic heterocycles. The predicted molar refractivity (Wildman–Crippen MR) is 60.8 cm³/mol. The number of carbonyl (C=O) groups is 2. The number of rotatable bonds is 2. The molecule has 1 aliphatic rings. The Morgan fingerprint density at radius 3 is 1.44 bits per heavy atom. The third-order valence-corrected chi connectivity index (χ3v) is 2.04. The molecule has 0 N–H and O–H groups in total. The Labute approximate surface area is 95.9 Å². The van der Waals surface area contributed by atoms with Crippen LogP contribution in [0.25, 0.3) is 0 Å². The molecule has 90 valence electrons. The highest BCUT2D eigenvalue weighted by Crippen LogP contribution is 2.19. The van der Waals surface area contributed by atoms with Crippen molar-refractivity contribution in [3.8, 4) is 0 Å². The summed E-state index contributed by atoms with van der Waals surface area (Å²) in [6.07, 6.45) is 4.24. The maximum Gasteiger partial charge on any atom is 0.333 e. The number of methoxy groups -OCH3 is 2. The summed E-state index contributed by atoms with van der Waals surface area (Å²) >= 11 is 0. The van der Waals surface area contributed by atoms with Gasteiger partial charge < -0.3 is 9.47 Å². The lowest BCUT2D eigenvalue weighted by Crippen LogP contribution is -2.11. The minimum Gasteiger partial charge on any atom is -0.466 e. The summed E-state index contributed by atoms with van der Waals surface area (Å²) in [5.74, 6) is -0.685. The van der Waals surface area contributed by atoms with E-state index in [9.17, 15) is 9.59 Å². The maximum absolute atomic E-state index is 11.1. The Balaban J connectivity index is 0.00000106. The lowest BCUT2D eigenvalue weighted by Gasteiger charge is -2.11. The van der Waals surface area contributed by atoms with E-state index in [2.05, 4.69) is 9.47 Å². The fraction of sp³-hybridized carbons (Fsp3) is 0.500. The molecule has 0 unspecified atom stereocenters. The number of allylic oxidation sites excluding steroid dienone is 2. The number of carbonyl (C=O) groups excluding carboxylic acids is 2. The second kappa shape index (κ2) is 7.68. The van der Waals surface area contributed by atoms with E-state index in [1.54, 1.807) is 12.2 Å². The van der Waals surface area contributed by atoms with E-state index in [1.165, 1.54) is 14.2 Å². The van der Waals surface area contributed by atoms with Crippen LogP contribution in [-0.2, 0) is 19.1 Å². The zero-order chi connectivity index (χ0) is 12.6. The Hall–Kier alpha value is -1.58. The van der Waals surface area contributed by atoms with Crippen molar-refractivity contribution in [2.45, 2.75) is 26.7 Å². The highest BCUT2D eigenvalue weighted by atomic mass is 16.5. The van der Waals surface area contributed by atoms with Crippen LogP contribution < -0.4 is 0 Å². The highest BCUT2D eigenvalue weighted by molar-refractivity contribution is 5.93. The molecule has 4 heteroatoms. The molecular formula is C12H18O4. The predicted octanol–water partition coefficient (Wildman–Crippen LogP) is 2.01. The zero-order valence-electron chi connectivity index (χ0n) is 10.2. The van der Waals surface area contributed by atoms with Crippen molar-refractivity contribution in [1.82, 2.24) is 0 Å². The summed E-state index contributed by atoms with van der Waals surface area (Å²) in [5, 5.41) is 0. The van der Waals surface area contributed by atoms with E-state index >= 15 is 0 Å². The second-order valence-electron chi connectivity index (χ2n) is 2.87. The summed E-state index contributed by atoms with van der Waals surface area (Å²) in [4.78, 5) is 22.2.